The van der Waals surface area contributed by atoms with Crippen LogP contribution in [-0.4, -0.2) is 106 Å². The summed E-state index contributed by atoms with van der Waals surface area (Å²) in [6.45, 7) is 0.781. The van der Waals surface area contributed by atoms with E-state index in [2.05, 4.69) is 0 Å². The fourth-order valence-electron chi connectivity index (χ4n) is 2.97. The van der Waals surface area contributed by atoms with E-state index >= 15 is 0 Å². The molecule has 0 bridgehead atoms. The van der Waals surface area contributed by atoms with Crippen LogP contribution in [0.25, 0.3) is 0 Å². The molecule has 0 saturated carbocycles. The molecule has 0 radical (unpaired) electrons. The molecule has 0 aromatic carbocycles. The maximum atomic E-state index is 11.2. The maximum absolute atomic E-state index is 11.2. The molecule has 0 spiro atoms. The van der Waals surface area contributed by atoms with Gasteiger partial charge in [0.05, 0.1) is 12.7 Å². The number of hydrogen-bond donors (Lipinski definition) is 6. The van der Waals surface area contributed by atoms with Crippen molar-refractivity contribution in [1.29, 1.82) is 0 Å². The Morgan fingerprint density at radius 1 is 1.00 bits per heavy atom. The highest BCUT2D eigenvalue weighted by atomic mass is 16.7. The van der Waals surface area contributed by atoms with Crippen molar-refractivity contribution in [2.24, 2.45) is 5.92 Å². The van der Waals surface area contributed by atoms with Crippen LogP contribution in [0.15, 0.2) is 0 Å². The molecule has 2 rings (SSSR count). The Kier molecular flexibility index (Phi) is 6.70. The molecule has 0 aliphatic carbocycles. The van der Waals surface area contributed by atoms with Crippen molar-refractivity contribution in [1.82, 2.24) is 0 Å². The zero-order valence-electron chi connectivity index (χ0n) is 13.7. The van der Waals surface area contributed by atoms with E-state index in [4.69, 9.17) is 24.1 Å². The number of methoxy groups -OCH3 is 1. The second kappa shape index (κ2) is 8.20. The number of hydrogen-bond acceptors (Lipinski definition) is 10. The van der Waals surface area contributed by atoms with E-state index < -0.39 is 73.8 Å². The molecule has 146 valence electrons. The van der Waals surface area contributed by atoms with Gasteiger partial charge in [-0.3, -0.25) is 0 Å². The van der Waals surface area contributed by atoms with E-state index in [0.29, 0.717) is 0 Å². The van der Waals surface area contributed by atoms with Crippen LogP contribution in [0.2, 0.25) is 0 Å². The van der Waals surface area contributed by atoms with E-state index in [1.807, 2.05) is 0 Å². The van der Waals surface area contributed by atoms with Crippen molar-refractivity contribution in [2.45, 2.75) is 62.2 Å². The van der Waals surface area contributed by atoms with Crippen LogP contribution in [0.3, 0.4) is 0 Å². The lowest BCUT2D eigenvalue weighted by molar-refractivity contribution is -0.349. The fraction of sp³-hybridized carbons (Fsp3) is 0.929. The summed E-state index contributed by atoms with van der Waals surface area (Å²) in [5.74, 6) is -2.26. The van der Waals surface area contributed by atoms with Gasteiger partial charge < -0.3 is 49.6 Å². The first kappa shape index (κ1) is 20.4. The molecule has 2 aliphatic heterocycles. The summed E-state index contributed by atoms with van der Waals surface area (Å²) >= 11 is 0. The number of rotatable bonds is 5. The highest BCUT2D eigenvalue weighted by Gasteiger charge is 2.51. The zero-order chi connectivity index (χ0) is 18.9. The summed E-state index contributed by atoms with van der Waals surface area (Å²) < 4.78 is 20.7. The number of carboxylic acids is 1. The maximum Gasteiger partial charge on any atom is 0.333 e. The van der Waals surface area contributed by atoms with Gasteiger partial charge in [0, 0.05) is 13.0 Å². The van der Waals surface area contributed by atoms with Crippen molar-refractivity contribution in [2.75, 3.05) is 13.7 Å². The van der Waals surface area contributed by atoms with Crippen LogP contribution in [0.1, 0.15) is 6.92 Å². The third-order valence-electron chi connectivity index (χ3n) is 4.51. The molecule has 2 fully saturated rings. The highest BCUT2D eigenvalue weighted by molar-refractivity contribution is 5.73. The molecule has 4 unspecified atom stereocenters. The van der Waals surface area contributed by atoms with Gasteiger partial charge in [0.2, 0.25) is 0 Å². The Labute approximate surface area is 143 Å². The van der Waals surface area contributed by atoms with Gasteiger partial charge in [0.1, 0.15) is 30.5 Å². The Balaban J connectivity index is 2.16. The largest absolute Gasteiger partial charge is 0.479 e. The first-order chi connectivity index (χ1) is 11.7. The van der Waals surface area contributed by atoms with Crippen molar-refractivity contribution in [3.05, 3.63) is 0 Å². The minimum atomic E-state index is -1.61. The van der Waals surface area contributed by atoms with Gasteiger partial charge in [-0.25, -0.2) is 4.79 Å². The smallest absolute Gasteiger partial charge is 0.333 e. The van der Waals surface area contributed by atoms with Gasteiger partial charge in [0.15, 0.2) is 18.7 Å². The summed E-state index contributed by atoms with van der Waals surface area (Å²) in [6.07, 6.45) is -12.9. The minimum absolute atomic E-state index is 0.613. The first-order valence-electron chi connectivity index (χ1n) is 7.78. The molecule has 2 saturated heterocycles. The predicted molar refractivity (Wildman–Crippen MR) is 77.1 cm³/mol. The van der Waals surface area contributed by atoms with Crippen molar-refractivity contribution >= 4 is 5.97 Å². The topological polar surface area (TPSA) is 175 Å². The molecular formula is C14H24O11. The lowest BCUT2D eigenvalue weighted by atomic mass is 9.90. The lowest BCUT2D eigenvalue weighted by Gasteiger charge is -2.45. The number of aliphatic hydroxyl groups excluding tert-OH is 5. The average Bonchev–Trinajstić information content (AvgIpc) is 2.58. The molecule has 6 N–H and O–H groups in total. The van der Waals surface area contributed by atoms with Gasteiger partial charge >= 0.3 is 5.97 Å². The fourth-order valence-corrected chi connectivity index (χ4v) is 2.97. The number of aliphatic carboxylic acids is 1. The number of carboxylic acid groups (broad SMARTS) is 1. The Morgan fingerprint density at radius 2 is 1.60 bits per heavy atom. The number of aliphatic hydroxyl groups is 5. The van der Waals surface area contributed by atoms with Crippen LogP contribution in [0.4, 0.5) is 0 Å². The third kappa shape index (κ3) is 3.94. The van der Waals surface area contributed by atoms with Gasteiger partial charge in [-0.2, -0.15) is 0 Å². The van der Waals surface area contributed by atoms with E-state index in [0.717, 1.165) is 0 Å². The van der Waals surface area contributed by atoms with Gasteiger partial charge in [-0.1, -0.05) is 6.92 Å². The summed E-state index contributed by atoms with van der Waals surface area (Å²) in [5, 5.41) is 58.8. The van der Waals surface area contributed by atoms with Crippen LogP contribution >= 0.6 is 0 Å². The summed E-state index contributed by atoms with van der Waals surface area (Å²) in [7, 11) is 1.24. The molecule has 11 nitrogen and oxygen atoms in total. The minimum Gasteiger partial charge on any atom is -0.479 e. The second-order valence-corrected chi connectivity index (χ2v) is 6.15. The summed E-state index contributed by atoms with van der Waals surface area (Å²) in [5.41, 5.74) is 0. The Bertz CT molecular complexity index is 458. The van der Waals surface area contributed by atoms with E-state index in [1.54, 1.807) is 0 Å². The van der Waals surface area contributed by atoms with Gasteiger partial charge in [0.25, 0.3) is 0 Å². The SMILES string of the molecule is CO[C@@H]1OC(CO)[C@H](O[C@@H]2OC(C(=O)O)[C@H](C)[C@@H](O)C2O)[C@@H](O)C1O. The lowest BCUT2D eigenvalue weighted by Crippen LogP contribution is -2.63. The number of carbonyl (C=O) groups is 1. The van der Waals surface area contributed by atoms with Gasteiger partial charge in [-0.15, -0.1) is 0 Å². The van der Waals surface area contributed by atoms with Crippen molar-refractivity contribution < 1.29 is 54.4 Å². The molecule has 0 aromatic heterocycles. The molecule has 0 amide bonds. The summed E-state index contributed by atoms with van der Waals surface area (Å²) in [4.78, 5) is 11.2. The number of ether oxygens (including phenoxy) is 4. The standard InChI is InChI=1S/C14H24O11/c1-4-6(16)8(18)14(24-10(4)12(20)21)25-11-5(3-15)23-13(22-2)9(19)7(11)17/h4-11,13-19H,3H2,1-2H3,(H,20,21)/t4-,5?,6-,7+,8?,9?,10?,11+,13-,14+/m1/s1. The average molecular weight is 368 g/mol. The Morgan fingerprint density at radius 3 is 2.12 bits per heavy atom. The molecular weight excluding hydrogens is 344 g/mol. The molecule has 2 heterocycles. The van der Waals surface area contributed by atoms with Crippen LogP contribution in [0, 0.1) is 5.92 Å². The monoisotopic (exact) mass is 368 g/mol. The molecule has 25 heavy (non-hydrogen) atoms. The molecule has 11 heteroatoms. The van der Waals surface area contributed by atoms with Gasteiger partial charge in [-0.05, 0) is 0 Å². The Hall–Kier alpha value is -0.890. The quantitative estimate of drug-likeness (QED) is 0.285. The normalized spacial score (nSPS) is 48.3. The third-order valence-corrected chi connectivity index (χ3v) is 4.51. The van der Waals surface area contributed by atoms with E-state index in [9.17, 15) is 30.3 Å². The van der Waals surface area contributed by atoms with Crippen LogP contribution < -0.4 is 0 Å². The van der Waals surface area contributed by atoms with Crippen molar-refractivity contribution in [3.8, 4) is 0 Å². The zero-order valence-corrected chi connectivity index (χ0v) is 13.7. The summed E-state index contributed by atoms with van der Waals surface area (Å²) in [6, 6.07) is 0. The molecule has 10 atom stereocenters. The first-order valence-corrected chi connectivity index (χ1v) is 7.78. The predicted octanol–water partition coefficient (Wildman–Crippen LogP) is -3.38. The molecule has 0 aromatic rings. The van der Waals surface area contributed by atoms with Crippen molar-refractivity contribution in [3.63, 3.8) is 0 Å². The van der Waals surface area contributed by atoms with E-state index in [1.165, 1.54) is 14.0 Å². The van der Waals surface area contributed by atoms with Crippen LogP contribution in [0.5, 0.6) is 0 Å². The highest BCUT2D eigenvalue weighted by Crippen LogP contribution is 2.31. The molecule has 2 aliphatic rings. The van der Waals surface area contributed by atoms with E-state index in [-0.39, 0.29) is 0 Å². The van der Waals surface area contributed by atoms with Crippen LogP contribution in [-0.2, 0) is 23.7 Å². The second-order valence-electron chi connectivity index (χ2n) is 6.15.